The van der Waals surface area contributed by atoms with Gasteiger partial charge in [-0.15, -0.1) is 0 Å². The van der Waals surface area contributed by atoms with E-state index >= 15 is 0 Å². The molecule has 0 aliphatic carbocycles. The van der Waals surface area contributed by atoms with Gasteiger partial charge in [-0.2, -0.15) is 11.8 Å². The Hall–Kier alpha value is 0.270. The van der Waals surface area contributed by atoms with Gasteiger partial charge >= 0.3 is 0 Å². The van der Waals surface area contributed by atoms with Gasteiger partial charge in [0.15, 0.2) is 0 Å². The van der Waals surface area contributed by atoms with Crippen LogP contribution in [0.2, 0.25) is 0 Å². The van der Waals surface area contributed by atoms with Gasteiger partial charge in [0.25, 0.3) is 0 Å². The SMILES string of the molecule is CCN(C)C1(CN)CCCSC1. The first kappa shape index (κ1) is 10.4. The van der Waals surface area contributed by atoms with Crippen LogP contribution in [-0.2, 0) is 0 Å². The zero-order valence-electron chi connectivity index (χ0n) is 8.18. The van der Waals surface area contributed by atoms with Crippen molar-refractivity contribution in [2.24, 2.45) is 5.73 Å². The van der Waals surface area contributed by atoms with E-state index in [1.54, 1.807) is 0 Å². The van der Waals surface area contributed by atoms with E-state index in [0.717, 1.165) is 13.1 Å². The second kappa shape index (κ2) is 4.49. The fourth-order valence-corrected chi connectivity index (χ4v) is 3.15. The van der Waals surface area contributed by atoms with Crippen LogP contribution in [0.1, 0.15) is 19.8 Å². The number of nitrogens with two attached hydrogens (primary N) is 1. The van der Waals surface area contributed by atoms with Crippen LogP contribution < -0.4 is 5.73 Å². The van der Waals surface area contributed by atoms with Crippen molar-refractivity contribution in [2.45, 2.75) is 25.3 Å². The molecular formula is C9H20N2S. The van der Waals surface area contributed by atoms with Crippen molar-refractivity contribution in [3.05, 3.63) is 0 Å². The first-order valence-electron chi connectivity index (χ1n) is 4.74. The molecule has 2 nitrogen and oxygen atoms in total. The predicted molar refractivity (Wildman–Crippen MR) is 56.6 cm³/mol. The summed E-state index contributed by atoms with van der Waals surface area (Å²) >= 11 is 2.05. The lowest BCUT2D eigenvalue weighted by molar-refractivity contribution is 0.142. The normalized spacial score (nSPS) is 31.0. The molecular weight excluding hydrogens is 168 g/mol. The lowest BCUT2D eigenvalue weighted by Crippen LogP contribution is -2.55. The third-order valence-corrected chi connectivity index (χ3v) is 4.28. The minimum absolute atomic E-state index is 0.303. The summed E-state index contributed by atoms with van der Waals surface area (Å²) in [5.74, 6) is 2.53. The lowest BCUT2D eigenvalue weighted by atomic mass is 9.94. The number of rotatable bonds is 3. The molecule has 12 heavy (non-hydrogen) atoms. The summed E-state index contributed by atoms with van der Waals surface area (Å²) in [7, 11) is 2.19. The number of thioether (sulfide) groups is 1. The summed E-state index contributed by atoms with van der Waals surface area (Å²) in [4.78, 5) is 2.42. The summed E-state index contributed by atoms with van der Waals surface area (Å²) < 4.78 is 0. The molecule has 72 valence electrons. The van der Waals surface area contributed by atoms with Crippen LogP contribution in [0.5, 0.6) is 0 Å². The molecule has 1 heterocycles. The molecule has 0 aromatic rings. The van der Waals surface area contributed by atoms with E-state index in [1.807, 2.05) is 11.8 Å². The highest BCUT2D eigenvalue weighted by molar-refractivity contribution is 7.99. The van der Waals surface area contributed by atoms with Crippen molar-refractivity contribution in [1.29, 1.82) is 0 Å². The van der Waals surface area contributed by atoms with Gasteiger partial charge in [0, 0.05) is 17.8 Å². The summed E-state index contributed by atoms with van der Waals surface area (Å²) in [5, 5.41) is 0. The van der Waals surface area contributed by atoms with E-state index in [4.69, 9.17) is 5.73 Å². The van der Waals surface area contributed by atoms with Gasteiger partial charge in [0.1, 0.15) is 0 Å². The van der Waals surface area contributed by atoms with Crippen LogP contribution in [-0.4, -0.2) is 42.1 Å². The molecule has 0 radical (unpaired) electrons. The van der Waals surface area contributed by atoms with Crippen molar-refractivity contribution in [3.8, 4) is 0 Å². The molecule has 1 atom stereocenters. The highest BCUT2D eigenvalue weighted by Gasteiger charge is 2.33. The highest BCUT2D eigenvalue weighted by Crippen LogP contribution is 2.30. The number of likely N-dealkylation sites (N-methyl/N-ethyl adjacent to an activating group) is 1. The Labute approximate surface area is 79.9 Å². The van der Waals surface area contributed by atoms with Gasteiger partial charge in [-0.25, -0.2) is 0 Å². The van der Waals surface area contributed by atoms with Crippen molar-refractivity contribution in [2.75, 3.05) is 31.6 Å². The third-order valence-electron chi connectivity index (χ3n) is 2.97. The number of hydrogen-bond donors (Lipinski definition) is 1. The van der Waals surface area contributed by atoms with Crippen LogP contribution in [0.15, 0.2) is 0 Å². The van der Waals surface area contributed by atoms with E-state index in [-0.39, 0.29) is 0 Å². The molecule has 1 unspecified atom stereocenters. The fraction of sp³-hybridized carbons (Fsp3) is 1.00. The quantitative estimate of drug-likeness (QED) is 0.721. The smallest absolute Gasteiger partial charge is 0.0419 e. The molecule has 0 bridgehead atoms. The largest absolute Gasteiger partial charge is 0.329 e. The van der Waals surface area contributed by atoms with Gasteiger partial charge in [0.2, 0.25) is 0 Å². The Bertz CT molecular complexity index is 132. The van der Waals surface area contributed by atoms with Crippen LogP contribution in [0, 0.1) is 0 Å². The minimum atomic E-state index is 0.303. The molecule has 1 saturated heterocycles. The Balaban J connectivity index is 2.59. The van der Waals surface area contributed by atoms with Gasteiger partial charge in [-0.1, -0.05) is 6.92 Å². The first-order chi connectivity index (χ1) is 5.75. The first-order valence-corrected chi connectivity index (χ1v) is 5.90. The summed E-state index contributed by atoms with van der Waals surface area (Å²) in [5.41, 5.74) is 6.16. The summed E-state index contributed by atoms with van der Waals surface area (Å²) in [6.07, 6.45) is 2.60. The molecule has 0 aromatic heterocycles. The Morgan fingerprint density at radius 3 is 2.75 bits per heavy atom. The Kier molecular flexibility index (Phi) is 3.87. The molecule has 0 saturated carbocycles. The predicted octanol–water partition coefficient (Wildman–Crippen LogP) is 1.16. The monoisotopic (exact) mass is 188 g/mol. The number of hydrogen-bond acceptors (Lipinski definition) is 3. The molecule has 1 aliphatic rings. The topological polar surface area (TPSA) is 29.3 Å². The molecule has 2 N–H and O–H groups in total. The van der Waals surface area contributed by atoms with Crippen LogP contribution in [0.25, 0.3) is 0 Å². The minimum Gasteiger partial charge on any atom is -0.329 e. The van der Waals surface area contributed by atoms with E-state index in [0.29, 0.717) is 5.54 Å². The van der Waals surface area contributed by atoms with Crippen LogP contribution in [0.3, 0.4) is 0 Å². The lowest BCUT2D eigenvalue weighted by Gasteiger charge is -2.43. The molecule has 0 spiro atoms. The van der Waals surface area contributed by atoms with Gasteiger partial charge in [-0.05, 0) is 32.2 Å². The van der Waals surface area contributed by atoms with Gasteiger partial charge in [-0.3, -0.25) is 4.90 Å². The Morgan fingerprint density at radius 1 is 1.58 bits per heavy atom. The zero-order valence-corrected chi connectivity index (χ0v) is 8.99. The third kappa shape index (κ3) is 1.95. The molecule has 0 aromatic carbocycles. The van der Waals surface area contributed by atoms with Crippen molar-refractivity contribution in [3.63, 3.8) is 0 Å². The molecule has 1 fully saturated rings. The van der Waals surface area contributed by atoms with Gasteiger partial charge < -0.3 is 5.73 Å². The standard InChI is InChI=1S/C9H20N2S/c1-3-11(2)9(7-10)5-4-6-12-8-9/h3-8,10H2,1-2H3. The summed E-state index contributed by atoms with van der Waals surface area (Å²) in [6.45, 7) is 4.12. The second-order valence-corrected chi connectivity index (χ2v) is 4.70. The maximum atomic E-state index is 5.86. The maximum Gasteiger partial charge on any atom is 0.0419 e. The average Bonchev–Trinajstić information content (AvgIpc) is 2.17. The average molecular weight is 188 g/mol. The molecule has 1 rings (SSSR count). The van der Waals surface area contributed by atoms with E-state index in [1.165, 1.54) is 24.3 Å². The van der Waals surface area contributed by atoms with Crippen molar-refractivity contribution < 1.29 is 0 Å². The van der Waals surface area contributed by atoms with E-state index < -0.39 is 0 Å². The maximum absolute atomic E-state index is 5.86. The zero-order chi connectivity index (χ0) is 9.03. The summed E-state index contributed by atoms with van der Waals surface area (Å²) in [6, 6.07) is 0. The van der Waals surface area contributed by atoms with Crippen LogP contribution >= 0.6 is 11.8 Å². The number of nitrogens with zero attached hydrogens (tertiary/aromatic N) is 1. The Morgan fingerprint density at radius 2 is 2.33 bits per heavy atom. The van der Waals surface area contributed by atoms with E-state index in [9.17, 15) is 0 Å². The molecule has 3 heteroatoms. The van der Waals surface area contributed by atoms with E-state index in [2.05, 4.69) is 18.9 Å². The highest BCUT2D eigenvalue weighted by atomic mass is 32.2. The molecule has 1 aliphatic heterocycles. The van der Waals surface area contributed by atoms with Crippen molar-refractivity contribution >= 4 is 11.8 Å². The van der Waals surface area contributed by atoms with Gasteiger partial charge in [0.05, 0.1) is 0 Å². The van der Waals surface area contributed by atoms with Crippen LogP contribution in [0.4, 0.5) is 0 Å². The van der Waals surface area contributed by atoms with Crippen molar-refractivity contribution in [1.82, 2.24) is 4.90 Å². The second-order valence-electron chi connectivity index (χ2n) is 3.60. The molecule has 0 amide bonds. The fourth-order valence-electron chi connectivity index (χ4n) is 1.79.